The van der Waals surface area contributed by atoms with Crippen molar-refractivity contribution in [3.05, 3.63) is 40.7 Å². The van der Waals surface area contributed by atoms with E-state index >= 15 is 0 Å². The second kappa shape index (κ2) is 7.15. The summed E-state index contributed by atoms with van der Waals surface area (Å²) >= 11 is 1.59. The number of rotatable bonds is 5. The monoisotopic (exact) mass is 320 g/mol. The molecule has 1 aromatic heterocycles. The van der Waals surface area contributed by atoms with E-state index < -0.39 is 0 Å². The van der Waals surface area contributed by atoms with Gasteiger partial charge in [-0.1, -0.05) is 30.4 Å². The van der Waals surface area contributed by atoms with E-state index in [1.165, 1.54) is 12.1 Å². The minimum Gasteiger partial charge on any atom is -0.357 e. The Hall–Kier alpha value is -1.53. The Morgan fingerprint density at radius 1 is 1.23 bits per heavy atom. The quantitative estimate of drug-likeness (QED) is 0.919. The highest BCUT2D eigenvalue weighted by molar-refractivity contribution is 7.15. The van der Waals surface area contributed by atoms with Crippen molar-refractivity contribution in [2.75, 3.05) is 25.0 Å². The molecule has 0 unspecified atom stereocenters. The second-order valence-corrected chi connectivity index (χ2v) is 6.72. The third-order valence-electron chi connectivity index (χ3n) is 4.10. The lowest BCUT2D eigenvalue weighted by atomic mass is 10.1. The predicted octanol–water partition coefficient (Wildman–Crippen LogP) is 3.16. The largest absolute Gasteiger partial charge is 0.357 e. The number of hydrogen-bond donors (Lipinski definition) is 1. The van der Waals surface area contributed by atoms with Gasteiger partial charge in [-0.3, -0.25) is 0 Å². The SMILES string of the molecule is CCN1CCC(Nc2nnc(Cc3ccc(F)cc3)s2)CC1. The number of anilines is 1. The lowest BCUT2D eigenvalue weighted by molar-refractivity contribution is 0.229. The van der Waals surface area contributed by atoms with Crippen molar-refractivity contribution in [3.8, 4) is 0 Å². The van der Waals surface area contributed by atoms with Crippen LogP contribution in [0, 0.1) is 5.82 Å². The minimum atomic E-state index is -0.207. The van der Waals surface area contributed by atoms with Crippen LogP contribution in [0.4, 0.5) is 9.52 Å². The summed E-state index contributed by atoms with van der Waals surface area (Å²) in [5.74, 6) is -0.207. The number of likely N-dealkylation sites (tertiary alicyclic amines) is 1. The molecule has 0 aliphatic carbocycles. The van der Waals surface area contributed by atoms with Crippen LogP contribution in [0.15, 0.2) is 24.3 Å². The van der Waals surface area contributed by atoms with Gasteiger partial charge in [0, 0.05) is 25.6 Å². The van der Waals surface area contributed by atoms with Crippen LogP contribution in [0.2, 0.25) is 0 Å². The van der Waals surface area contributed by atoms with Crippen LogP contribution < -0.4 is 5.32 Å². The summed E-state index contributed by atoms with van der Waals surface area (Å²) in [5.41, 5.74) is 1.06. The molecule has 118 valence electrons. The Morgan fingerprint density at radius 3 is 2.64 bits per heavy atom. The van der Waals surface area contributed by atoms with Gasteiger partial charge in [-0.15, -0.1) is 10.2 Å². The van der Waals surface area contributed by atoms with Gasteiger partial charge in [0.15, 0.2) is 0 Å². The van der Waals surface area contributed by atoms with Crippen LogP contribution >= 0.6 is 11.3 Å². The van der Waals surface area contributed by atoms with E-state index in [9.17, 15) is 4.39 Å². The van der Waals surface area contributed by atoms with Crippen molar-refractivity contribution in [2.24, 2.45) is 0 Å². The zero-order chi connectivity index (χ0) is 15.4. The summed E-state index contributed by atoms with van der Waals surface area (Å²) in [6.07, 6.45) is 3.01. The van der Waals surface area contributed by atoms with Crippen molar-refractivity contribution < 1.29 is 4.39 Å². The maximum atomic E-state index is 12.9. The maximum absolute atomic E-state index is 12.9. The van der Waals surface area contributed by atoms with Gasteiger partial charge in [-0.05, 0) is 37.1 Å². The van der Waals surface area contributed by atoms with Gasteiger partial charge in [-0.2, -0.15) is 0 Å². The Kier molecular flexibility index (Phi) is 5.00. The first-order chi connectivity index (χ1) is 10.7. The molecule has 0 radical (unpaired) electrons. The molecule has 6 heteroatoms. The normalized spacial score (nSPS) is 16.8. The van der Waals surface area contributed by atoms with Gasteiger partial charge < -0.3 is 10.2 Å². The molecule has 0 amide bonds. The van der Waals surface area contributed by atoms with Crippen LogP contribution in [0.1, 0.15) is 30.3 Å². The Bertz CT molecular complexity index is 590. The molecule has 1 aliphatic rings. The molecular formula is C16H21FN4S. The zero-order valence-electron chi connectivity index (χ0n) is 12.8. The molecule has 0 saturated carbocycles. The molecular weight excluding hydrogens is 299 g/mol. The van der Waals surface area contributed by atoms with Crippen LogP contribution in [0.5, 0.6) is 0 Å². The topological polar surface area (TPSA) is 41.0 Å². The minimum absolute atomic E-state index is 0.207. The van der Waals surface area contributed by atoms with Crippen molar-refractivity contribution in [2.45, 2.75) is 32.2 Å². The average Bonchev–Trinajstić information content (AvgIpc) is 2.97. The van der Waals surface area contributed by atoms with Crippen molar-refractivity contribution in [3.63, 3.8) is 0 Å². The molecule has 0 spiro atoms. The average molecular weight is 320 g/mol. The highest BCUT2D eigenvalue weighted by Crippen LogP contribution is 2.22. The molecule has 1 N–H and O–H groups in total. The van der Waals surface area contributed by atoms with Gasteiger partial charge in [-0.25, -0.2) is 4.39 Å². The molecule has 0 atom stereocenters. The Balaban J connectivity index is 1.54. The summed E-state index contributed by atoms with van der Waals surface area (Å²) in [4.78, 5) is 2.47. The second-order valence-electron chi connectivity index (χ2n) is 5.66. The third-order valence-corrected chi connectivity index (χ3v) is 4.95. The molecule has 1 aromatic carbocycles. The Morgan fingerprint density at radius 2 is 1.95 bits per heavy atom. The van der Waals surface area contributed by atoms with Crippen molar-refractivity contribution in [1.29, 1.82) is 0 Å². The van der Waals surface area contributed by atoms with E-state index in [1.54, 1.807) is 23.5 Å². The number of halogens is 1. The molecule has 4 nitrogen and oxygen atoms in total. The maximum Gasteiger partial charge on any atom is 0.205 e. The molecule has 1 fully saturated rings. The zero-order valence-corrected chi connectivity index (χ0v) is 13.6. The first-order valence-corrected chi connectivity index (χ1v) is 8.60. The summed E-state index contributed by atoms with van der Waals surface area (Å²) in [5, 5.41) is 13.8. The number of hydrogen-bond acceptors (Lipinski definition) is 5. The third kappa shape index (κ3) is 4.01. The molecule has 0 bridgehead atoms. The van der Waals surface area contributed by atoms with E-state index in [0.717, 1.165) is 48.2 Å². The predicted molar refractivity (Wildman–Crippen MR) is 87.9 cm³/mol. The number of piperidine rings is 1. The van der Waals surface area contributed by atoms with Gasteiger partial charge in [0.25, 0.3) is 0 Å². The van der Waals surface area contributed by atoms with Crippen LogP contribution in [0.25, 0.3) is 0 Å². The van der Waals surface area contributed by atoms with Crippen molar-refractivity contribution >= 4 is 16.5 Å². The molecule has 22 heavy (non-hydrogen) atoms. The van der Waals surface area contributed by atoms with E-state index in [0.29, 0.717) is 12.5 Å². The van der Waals surface area contributed by atoms with Gasteiger partial charge in [0.2, 0.25) is 5.13 Å². The Labute approximate surface area is 134 Å². The summed E-state index contributed by atoms with van der Waals surface area (Å²) in [6, 6.07) is 7.05. The fourth-order valence-corrected chi connectivity index (χ4v) is 3.58. The highest BCUT2D eigenvalue weighted by atomic mass is 32.1. The van der Waals surface area contributed by atoms with Crippen LogP contribution in [-0.2, 0) is 6.42 Å². The van der Waals surface area contributed by atoms with Gasteiger partial charge >= 0.3 is 0 Å². The molecule has 1 aliphatic heterocycles. The number of benzene rings is 1. The van der Waals surface area contributed by atoms with E-state index in [1.807, 2.05) is 0 Å². The fraction of sp³-hybridized carbons (Fsp3) is 0.500. The summed E-state index contributed by atoms with van der Waals surface area (Å²) in [7, 11) is 0. The van der Waals surface area contributed by atoms with Crippen LogP contribution in [0.3, 0.4) is 0 Å². The lowest BCUT2D eigenvalue weighted by Crippen LogP contribution is -2.38. The molecule has 2 heterocycles. The van der Waals surface area contributed by atoms with E-state index in [-0.39, 0.29) is 5.82 Å². The highest BCUT2D eigenvalue weighted by Gasteiger charge is 2.19. The molecule has 3 rings (SSSR count). The summed E-state index contributed by atoms with van der Waals surface area (Å²) < 4.78 is 12.9. The first-order valence-electron chi connectivity index (χ1n) is 7.78. The number of nitrogens with zero attached hydrogens (tertiary/aromatic N) is 3. The van der Waals surface area contributed by atoms with Gasteiger partial charge in [0.1, 0.15) is 10.8 Å². The smallest absolute Gasteiger partial charge is 0.205 e. The lowest BCUT2D eigenvalue weighted by Gasteiger charge is -2.31. The molecule has 1 saturated heterocycles. The molecule has 2 aromatic rings. The van der Waals surface area contributed by atoms with E-state index in [2.05, 4.69) is 27.3 Å². The van der Waals surface area contributed by atoms with Crippen LogP contribution in [-0.4, -0.2) is 40.8 Å². The van der Waals surface area contributed by atoms with E-state index in [4.69, 9.17) is 0 Å². The number of aromatic nitrogens is 2. The number of nitrogens with one attached hydrogen (secondary N) is 1. The fourth-order valence-electron chi connectivity index (χ4n) is 2.73. The van der Waals surface area contributed by atoms with Gasteiger partial charge in [0.05, 0.1) is 0 Å². The standard InChI is InChI=1S/C16H21FN4S/c1-2-21-9-7-14(8-10-21)18-16-20-19-15(22-16)11-12-3-5-13(17)6-4-12/h3-6,14H,2,7-11H2,1H3,(H,18,20). The van der Waals surface area contributed by atoms with Crippen molar-refractivity contribution in [1.82, 2.24) is 15.1 Å². The summed E-state index contributed by atoms with van der Waals surface area (Å²) in [6.45, 7) is 5.64. The first kappa shape index (κ1) is 15.4.